The molecule has 122 valence electrons. The van der Waals surface area contributed by atoms with E-state index in [-0.39, 0.29) is 28.7 Å². The predicted octanol–water partition coefficient (Wildman–Crippen LogP) is 2.96. The second-order valence-corrected chi connectivity index (χ2v) is 8.31. The highest BCUT2D eigenvalue weighted by molar-refractivity contribution is 5.97. The Labute approximate surface area is 129 Å². The van der Waals surface area contributed by atoms with E-state index < -0.39 is 12.1 Å². The Kier molecular flexibility index (Phi) is 5.12. The molecule has 3 atom stereocenters. The molecular formula is C17H32N2O2. The van der Waals surface area contributed by atoms with Gasteiger partial charge in [0.25, 0.3) is 0 Å². The third-order valence-corrected chi connectivity index (χ3v) is 4.40. The summed E-state index contributed by atoms with van der Waals surface area (Å²) in [5, 5.41) is 2.90. The van der Waals surface area contributed by atoms with Gasteiger partial charge in [0.05, 0.1) is 0 Å². The van der Waals surface area contributed by atoms with Gasteiger partial charge in [-0.15, -0.1) is 0 Å². The maximum atomic E-state index is 12.9. The van der Waals surface area contributed by atoms with E-state index in [4.69, 9.17) is 0 Å². The predicted molar refractivity (Wildman–Crippen MR) is 85.8 cm³/mol. The monoisotopic (exact) mass is 296 g/mol. The molecule has 1 N–H and O–H groups in total. The fourth-order valence-corrected chi connectivity index (χ4v) is 3.62. The third-order valence-electron chi connectivity index (χ3n) is 4.40. The van der Waals surface area contributed by atoms with Crippen LogP contribution in [0.1, 0.15) is 68.2 Å². The van der Waals surface area contributed by atoms with Gasteiger partial charge in [0.1, 0.15) is 12.1 Å². The van der Waals surface area contributed by atoms with Crippen LogP contribution in [0, 0.1) is 11.3 Å². The van der Waals surface area contributed by atoms with Gasteiger partial charge in [-0.1, -0.05) is 41.0 Å². The maximum Gasteiger partial charge on any atom is 0.246 e. The Balaban J connectivity index is 3.12. The number of piperazine rings is 1. The maximum absolute atomic E-state index is 12.9. The molecule has 1 fully saturated rings. The lowest BCUT2D eigenvalue weighted by atomic mass is 9.79. The third kappa shape index (κ3) is 3.98. The number of nitrogens with zero attached hydrogens (tertiary/aromatic N) is 1. The molecule has 0 aromatic rings. The van der Waals surface area contributed by atoms with E-state index >= 15 is 0 Å². The number of hydrogen-bond donors (Lipinski definition) is 1. The van der Waals surface area contributed by atoms with Gasteiger partial charge in [0.2, 0.25) is 11.8 Å². The van der Waals surface area contributed by atoms with Crippen LogP contribution in [0.15, 0.2) is 0 Å². The molecule has 0 spiro atoms. The van der Waals surface area contributed by atoms with E-state index in [1.54, 1.807) is 0 Å². The molecule has 1 aliphatic heterocycles. The second-order valence-electron chi connectivity index (χ2n) is 8.31. The van der Waals surface area contributed by atoms with Crippen LogP contribution in [-0.4, -0.2) is 34.3 Å². The van der Waals surface area contributed by atoms with Gasteiger partial charge >= 0.3 is 0 Å². The minimum Gasteiger partial charge on any atom is -0.342 e. The Morgan fingerprint density at radius 3 is 2.14 bits per heavy atom. The number of rotatable bonds is 4. The number of nitrogens with one attached hydrogen (secondary N) is 1. The van der Waals surface area contributed by atoms with Crippen molar-refractivity contribution >= 4 is 11.8 Å². The molecule has 3 unspecified atom stereocenters. The minimum atomic E-state index is -0.407. The fourth-order valence-electron chi connectivity index (χ4n) is 3.62. The topological polar surface area (TPSA) is 49.4 Å². The molecule has 0 radical (unpaired) electrons. The number of carbonyl (C=O) groups is 2. The van der Waals surface area contributed by atoms with Gasteiger partial charge in [0.15, 0.2) is 0 Å². The number of hydrogen-bond acceptors (Lipinski definition) is 2. The average molecular weight is 296 g/mol. The summed E-state index contributed by atoms with van der Waals surface area (Å²) in [6.45, 7) is 16.5. The molecule has 1 saturated heterocycles. The summed E-state index contributed by atoms with van der Waals surface area (Å²) in [5.41, 5.74) is -0.235. The zero-order valence-electron chi connectivity index (χ0n) is 14.9. The summed E-state index contributed by atoms with van der Waals surface area (Å²) in [6.07, 6.45) is 1.73. The highest BCUT2D eigenvalue weighted by Gasteiger charge is 2.47. The van der Waals surface area contributed by atoms with Crippen molar-refractivity contribution in [2.45, 2.75) is 85.9 Å². The van der Waals surface area contributed by atoms with Crippen LogP contribution in [0.2, 0.25) is 0 Å². The summed E-state index contributed by atoms with van der Waals surface area (Å²) in [6, 6.07) is -0.798. The quantitative estimate of drug-likeness (QED) is 0.867. The summed E-state index contributed by atoms with van der Waals surface area (Å²) in [4.78, 5) is 27.0. The van der Waals surface area contributed by atoms with Crippen molar-refractivity contribution in [1.82, 2.24) is 10.2 Å². The van der Waals surface area contributed by atoms with Crippen molar-refractivity contribution in [1.29, 1.82) is 0 Å². The molecule has 1 aliphatic rings. The first kappa shape index (κ1) is 18.0. The van der Waals surface area contributed by atoms with Gasteiger partial charge in [-0.25, -0.2) is 0 Å². The number of amides is 2. The molecule has 0 saturated carbocycles. The van der Waals surface area contributed by atoms with Crippen LogP contribution in [0.25, 0.3) is 0 Å². The highest BCUT2D eigenvalue weighted by Crippen LogP contribution is 2.34. The van der Waals surface area contributed by atoms with Crippen molar-refractivity contribution in [3.63, 3.8) is 0 Å². The molecule has 0 aromatic heterocycles. The van der Waals surface area contributed by atoms with Gasteiger partial charge in [-0.05, 0) is 38.5 Å². The van der Waals surface area contributed by atoms with Gasteiger partial charge in [-0.3, -0.25) is 9.59 Å². The van der Waals surface area contributed by atoms with Crippen molar-refractivity contribution < 1.29 is 9.59 Å². The minimum absolute atomic E-state index is 0.0399. The molecule has 0 aromatic carbocycles. The SMILES string of the molecule is CCC(C)C1NC(=O)C(C)N(C(C)(C)CC(C)(C)C)C1=O. The van der Waals surface area contributed by atoms with Gasteiger partial charge in [-0.2, -0.15) is 0 Å². The first-order valence-corrected chi connectivity index (χ1v) is 8.04. The first-order chi connectivity index (χ1) is 9.40. The second kappa shape index (κ2) is 5.98. The lowest BCUT2D eigenvalue weighted by Crippen LogP contribution is -2.69. The van der Waals surface area contributed by atoms with Crippen LogP contribution in [0.5, 0.6) is 0 Å². The largest absolute Gasteiger partial charge is 0.342 e. The normalized spacial score (nSPS) is 25.8. The summed E-state index contributed by atoms with van der Waals surface area (Å²) >= 11 is 0. The van der Waals surface area contributed by atoms with E-state index in [0.717, 1.165) is 12.8 Å². The first-order valence-electron chi connectivity index (χ1n) is 8.04. The smallest absolute Gasteiger partial charge is 0.246 e. The average Bonchev–Trinajstić information content (AvgIpc) is 2.29. The highest BCUT2D eigenvalue weighted by atomic mass is 16.2. The van der Waals surface area contributed by atoms with Crippen LogP contribution in [0.4, 0.5) is 0 Å². The van der Waals surface area contributed by atoms with E-state index in [9.17, 15) is 9.59 Å². The Morgan fingerprint density at radius 2 is 1.71 bits per heavy atom. The van der Waals surface area contributed by atoms with Crippen molar-refractivity contribution in [2.24, 2.45) is 11.3 Å². The lowest BCUT2D eigenvalue weighted by molar-refractivity contribution is -0.157. The Hall–Kier alpha value is -1.06. The van der Waals surface area contributed by atoms with Crippen LogP contribution >= 0.6 is 0 Å². The van der Waals surface area contributed by atoms with Gasteiger partial charge < -0.3 is 10.2 Å². The molecule has 0 bridgehead atoms. The lowest BCUT2D eigenvalue weighted by Gasteiger charge is -2.49. The molecule has 1 rings (SSSR count). The fraction of sp³-hybridized carbons (Fsp3) is 0.882. The van der Waals surface area contributed by atoms with Crippen LogP contribution < -0.4 is 5.32 Å². The standard InChI is InChI=1S/C17H32N2O2/c1-9-11(2)13-15(21)19(12(3)14(20)18-13)17(7,8)10-16(4,5)6/h11-13H,9-10H2,1-8H3,(H,18,20). The van der Waals surface area contributed by atoms with Crippen LogP contribution in [-0.2, 0) is 9.59 Å². The Bertz CT molecular complexity index is 410. The van der Waals surface area contributed by atoms with E-state index in [0.29, 0.717) is 0 Å². The van der Waals surface area contributed by atoms with E-state index in [1.807, 2.05) is 25.7 Å². The zero-order valence-corrected chi connectivity index (χ0v) is 14.9. The summed E-state index contributed by atoms with van der Waals surface area (Å²) in [7, 11) is 0. The molecule has 4 nitrogen and oxygen atoms in total. The van der Waals surface area contributed by atoms with Crippen molar-refractivity contribution in [3.8, 4) is 0 Å². The van der Waals surface area contributed by atoms with Crippen LogP contribution in [0.3, 0.4) is 0 Å². The van der Waals surface area contributed by atoms with E-state index in [1.165, 1.54) is 0 Å². The van der Waals surface area contributed by atoms with Crippen molar-refractivity contribution in [2.75, 3.05) is 0 Å². The molecule has 1 heterocycles. The van der Waals surface area contributed by atoms with Crippen molar-refractivity contribution in [3.05, 3.63) is 0 Å². The molecule has 0 aliphatic carbocycles. The molecule has 4 heteroatoms. The summed E-state index contributed by atoms with van der Waals surface area (Å²) in [5.74, 6) is 0.175. The molecular weight excluding hydrogens is 264 g/mol. The zero-order chi connectivity index (χ0) is 16.6. The van der Waals surface area contributed by atoms with E-state index in [2.05, 4.69) is 39.9 Å². The Morgan fingerprint density at radius 1 is 1.19 bits per heavy atom. The summed E-state index contributed by atoms with van der Waals surface area (Å²) < 4.78 is 0. The van der Waals surface area contributed by atoms with Gasteiger partial charge in [0, 0.05) is 5.54 Å². The molecule has 2 amide bonds. The molecule has 21 heavy (non-hydrogen) atoms. The number of carbonyl (C=O) groups excluding carboxylic acids is 2.